The Bertz CT molecular complexity index is 571. The average Bonchev–Trinajstić information content (AvgIpc) is 2.85. The Hall–Kier alpha value is -2.19. The van der Waals surface area contributed by atoms with Gasteiger partial charge in [-0.3, -0.25) is 4.98 Å². The third-order valence-electron chi connectivity index (χ3n) is 2.45. The highest BCUT2D eigenvalue weighted by Gasteiger charge is 2.28. The van der Waals surface area contributed by atoms with Gasteiger partial charge in [-0.05, 0) is 19.1 Å². The van der Waals surface area contributed by atoms with Gasteiger partial charge in [0.05, 0.1) is 29.6 Å². The van der Waals surface area contributed by atoms with Crippen LogP contribution in [0, 0.1) is 0 Å². The summed E-state index contributed by atoms with van der Waals surface area (Å²) in [6, 6.07) is 3.27. The number of pyridine rings is 1. The highest BCUT2D eigenvalue weighted by atomic mass is 16.5. The van der Waals surface area contributed by atoms with Crippen molar-refractivity contribution in [2.45, 2.75) is 6.92 Å². The van der Waals surface area contributed by atoms with Gasteiger partial charge in [0.25, 0.3) is 0 Å². The van der Waals surface area contributed by atoms with E-state index in [0.29, 0.717) is 5.69 Å². The molecule has 8 heteroatoms. The van der Waals surface area contributed by atoms with Crippen LogP contribution in [0.3, 0.4) is 0 Å². The van der Waals surface area contributed by atoms with Crippen LogP contribution in [0.5, 0.6) is 0 Å². The monoisotopic (exact) mass is 261 g/mol. The number of carbonyl (C=O) groups is 1. The van der Waals surface area contributed by atoms with Crippen LogP contribution in [0.2, 0.25) is 0 Å². The molecule has 2 heterocycles. The fourth-order valence-electron chi connectivity index (χ4n) is 1.66. The molecule has 0 amide bonds. The molecule has 0 aliphatic heterocycles. The summed E-state index contributed by atoms with van der Waals surface area (Å²) in [6.45, 7) is 1.86. The number of hydrogen-bond acceptors (Lipinski definition) is 6. The van der Waals surface area contributed by atoms with Gasteiger partial charge in [-0.2, -0.15) is 5.10 Å². The average molecular weight is 261 g/mol. The summed E-state index contributed by atoms with van der Waals surface area (Å²) in [5.41, 5.74) is 0.548. The minimum atomic E-state index is -1.84. The van der Waals surface area contributed by atoms with Crippen LogP contribution in [-0.2, 0) is 4.74 Å². The van der Waals surface area contributed by atoms with E-state index in [4.69, 9.17) is 4.74 Å². The smallest absolute Gasteiger partial charge is 0.462 e. The molecular weight excluding hydrogens is 249 g/mol. The summed E-state index contributed by atoms with van der Waals surface area (Å²) in [6.07, 6.45) is 4.32. The van der Waals surface area contributed by atoms with E-state index in [1.807, 2.05) is 0 Å². The first-order chi connectivity index (χ1) is 9.15. The van der Waals surface area contributed by atoms with Crippen LogP contribution in [0.4, 0.5) is 0 Å². The molecule has 98 valence electrons. The Morgan fingerprint density at radius 3 is 2.68 bits per heavy atom. The number of aromatic nitrogens is 3. The maximum atomic E-state index is 11.7. The van der Waals surface area contributed by atoms with Crippen LogP contribution >= 0.6 is 0 Å². The highest BCUT2D eigenvalue weighted by molar-refractivity contribution is 6.59. The zero-order valence-electron chi connectivity index (χ0n) is 10.2. The van der Waals surface area contributed by atoms with E-state index in [1.165, 1.54) is 23.3 Å². The molecule has 0 aliphatic carbocycles. The minimum absolute atomic E-state index is 0.0219. The van der Waals surface area contributed by atoms with Gasteiger partial charge in [-0.25, -0.2) is 9.48 Å². The van der Waals surface area contributed by atoms with Crippen molar-refractivity contribution in [2.24, 2.45) is 0 Å². The van der Waals surface area contributed by atoms with Crippen LogP contribution in [0.1, 0.15) is 17.3 Å². The highest BCUT2D eigenvalue weighted by Crippen LogP contribution is 2.06. The summed E-state index contributed by atoms with van der Waals surface area (Å²) in [7, 11) is -1.84. The van der Waals surface area contributed by atoms with E-state index in [0.717, 1.165) is 0 Å². The van der Waals surface area contributed by atoms with Crippen molar-refractivity contribution in [1.82, 2.24) is 14.8 Å². The number of carbonyl (C=O) groups excluding carboxylic acids is 1. The predicted octanol–water partition coefficient (Wildman–Crippen LogP) is -0.876. The predicted molar refractivity (Wildman–Crippen MR) is 67.1 cm³/mol. The van der Waals surface area contributed by atoms with Crippen molar-refractivity contribution in [3.8, 4) is 5.69 Å². The molecule has 0 saturated heterocycles. The summed E-state index contributed by atoms with van der Waals surface area (Å²) in [4.78, 5) is 15.6. The summed E-state index contributed by atoms with van der Waals surface area (Å²) in [5.74, 6) is -0.647. The molecule has 7 nitrogen and oxygen atoms in total. The molecule has 0 fully saturated rings. The molecule has 19 heavy (non-hydrogen) atoms. The van der Waals surface area contributed by atoms with E-state index in [2.05, 4.69) is 10.1 Å². The zero-order chi connectivity index (χ0) is 13.8. The van der Waals surface area contributed by atoms with Crippen LogP contribution < -0.4 is 5.59 Å². The van der Waals surface area contributed by atoms with E-state index in [9.17, 15) is 14.8 Å². The maximum absolute atomic E-state index is 11.7. The van der Waals surface area contributed by atoms with Gasteiger partial charge in [-0.1, -0.05) is 0 Å². The van der Waals surface area contributed by atoms with Crippen LogP contribution in [0.15, 0.2) is 30.7 Å². The van der Waals surface area contributed by atoms with Gasteiger partial charge in [0.1, 0.15) is 0 Å². The number of ether oxygens (including phenoxy) is 1. The standard InChI is InChI=1S/C11H12BN3O4/c1-2-19-11(16)9-7-14-15(10(9)12(17)18)8-3-5-13-6-4-8/h3-7,17-18H,2H2,1H3. The Balaban J connectivity index is 2.49. The normalized spacial score (nSPS) is 10.3. The lowest BCUT2D eigenvalue weighted by molar-refractivity contribution is 0.0527. The van der Waals surface area contributed by atoms with Crippen molar-refractivity contribution in [3.05, 3.63) is 36.3 Å². The number of esters is 1. The van der Waals surface area contributed by atoms with Gasteiger partial charge in [0.15, 0.2) is 0 Å². The number of rotatable bonds is 4. The van der Waals surface area contributed by atoms with Crippen molar-refractivity contribution in [1.29, 1.82) is 0 Å². The number of hydrogen-bond donors (Lipinski definition) is 2. The lowest BCUT2D eigenvalue weighted by Gasteiger charge is -2.08. The molecule has 0 aromatic carbocycles. The quantitative estimate of drug-likeness (QED) is 0.548. The zero-order valence-corrected chi connectivity index (χ0v) is 10.2. The molecule has 0 atom stereocenters. The first-order valence-electron chi connectivity index (χ1n) is 5.66. The van der Waals surface area contributed by atoms with E-state index in [-0.39, 0.29) is 17.8 Å². The second kappa shape index (κ2) is 5.64. The molecule has 0 spiro atoms. The molecule has 2 aromatic rings. The molecular formula is C11H12BN3O4. The van der Waals surface area contributed by atoms with Gasteiger partial charge >= 0.3 is 13.1 Å². The van der Waals surface area contributed by atoms with E-state index in [1.54, 1.807) is 19.1 Å². The second-order valence-electron chi connectivity index (χ2n) is 3.65. The first-order valence-corrected chi connectivity index (χ1v) is 5.66. The SMILES string of the molecule is CCOC(=O)c1cnn(-c2ccncc2)c1B(O)O. The molecule has 0 aliphatic rings. The number of nitrogens with zero attached hydrogens (tertiary/aromatic N) is 3. The van der Waals surface area contributed by atoms with Crippen molar-refractivity contribution in [2.75, 3.05) is 6.61 Å². The fourth-order valence-corrected chi connectivity index (χ4v) is 1.66. The molecule has 0 unspecified atom stereocenters. The summed E-state index contributed by atoms with van der Waals surface area (Å²) < 4.78 is 6.10. The molecule has 0 saturated carbocycles. The largest absolute Gasteiger partial charge is 0.509 e. The molecule has 0 bridgehead atoms. The van der Waals surface area contributed by atoms with Crippen LogP contribution in [0.25, 0.3) is 5.69 Å². The van der Waals surface area contributed by atoms with Crippen molar-refractivity contribution in [3.63, 3.8) is 0 Å². The third kappa shape index (κ3) is 2.64. The van der Waals surface area contributed by atoms with Gasteiger partial charge < -0.3 is 14.8 Å². The topological polar surface area (TPSA) is 97.5 Å². The lowest BCUT2D eigenvalue weighted by atomic mass is 9.83. The summed E-state index contributed by atoms with van der Waals surface area (Å²) >= 11 is 0. The lowest BCUT2D eigenvalue weighted by Crippen LogP contribution is -2.39. The molecule has 2 rings (SSSR count). The van der Waals surface area contributed by atoms with Crippen molar-refractivity contribution >= 4 is 18.7 Å². The molecule has 2 aromatic heterocycles. The molecule has 0 radical (unpaired) electrons. The first kappa shape index (κ1) is 13.3. The van der Waals surface area contributed by atoms with Gasteiger partial charge in [0, 0.05) is 12.4 Å². The van der Waals surface area contributed by atoms with E-state index < -0.39 is 13.1 Å². The van der Waals surface area contributed by atoms with Crippen LogP contribution in [-0.4, -0.2) is 44.5 Å². The Morgan fingerprint density at radius 1 is 1.42 bits per heavy atom. The van der Waals surface area contributed by atoms with E-state index >= 15 is 0 Å². The van der Waals surface area contributed by atoms with Crippen molar-refractivity contribution < 1.29 is 19.6 Å². The molecule has 2 N–H and O–H groups in total. The Kier molecular flexibility index (Phi) is 3.93. The maximum Gasteiger partial charge on any atom is 0.509 e. The Labute approximate surface area is 109 Å². The second-order valence-corrected chi connectivity index (χ2v) is 3.65. The fraction of sp³-hybridized carbons (Fsp3) is 0.182. The van der Waals surface area contributed by atoms with Gasteiger partial charge in [-0.15, -0.1) is 0 Å². The van der Waals surface area contributed by atoms with Gasteiger partial charge in [0.2, 0.25) is 0 Å². The third-order valence-corrected chi connectivity index (χ3v) is 2.45. The minimum Gasteiger partial charge on any atom is -0.462 e. The Morgan fingerprint density at radius 2 is 2.11 bits per heavy atom. The summed E-state index contributed by atoms with van der Waals surface area (Å²) in [5, 5.41) is 22.8.